The van der Waals surface area contributed by atoms with Crippen LogP contribution in [0.2, 0.25) is 5.02 Å². The Kier molecular flexibility index (Phi) is 4.27. The number of aromatic nitrogens is 1. The van der Waals surface area contributed by atoms with Crippen molar-refractivity contribution in [3.63, 3.8) is 0 Å². The highest BCUT2D eigenvalue weighted by molar-refractivity contribution is 6.30. The van der Waals surface area contributed by atoms with Crippen molar-refractivity contribution in [2.24, 2.45) is 0 Å². The van der Waals surface area contributed by atoms with Gasteiger partial charge in [-0.15, -0.1) is 0 Å². The van der Waals surface area contributed by atoms with E-state index in [0.29, 0.717) is 28.0 Å². The van der Waals surface area contributed by atoms with Gasteiger partial charge in [-0.3, -0.25) is 0 Å². The van der Waals surface area contributed by atoms with Crippen molar-refractivity contribution in [2.75, 3.05) is 0 Å². The number of pyridine rings is 1. The molecular weight excluding hydrogens is 338 g/mol. The van der Waals surface area contributed by atoms with Crippen LogP contribution in [0, 0.1) is 0 Å². The van der Waals surface area contributed by atoms with Crippen molar-refractivity contribution in [3.05, 3.63) is 95.3 Å². The Morgan fingerprint density at radius 3 is 2.68 bits per heavy atom. The fraction of sp³-hybridized carbons (Fsp3) is 0.0500. The standard InChI is InChI=1S/C20H14ClNO3/c21-15-8-4-9-16(12-15)24-19-17(10-5-11-22-19)20-23-13-18(25-20)14-6-2-1-3-7-14/h1-13,20H. The Balaban J connectivity index is 1.56. The second kappa shape index (κ2) is 6.87. The van der Waals surface area contributed by atoms with Crippen LogP contribution in [0.1, 0.15) is 17.4 Å². The van der Waals surface area contributed by atoms with Gasteiger partial charge >= 0.3 is 0 Å². The zero-order chi connectivity index (χ0) is 17.1. The third-order valence-corrected chi connectivity index (χ3v) is 3.89. The van der Waals surface area contributed by atoms with Gasteiger partial charge in [0.1, 0.15) is 12.0 Å². The lowest BCUT2D eigenvalue weighted by Crippen LogP contribution is -2.03. The molecule has 0 fully saturated rings. The van der Waals surface area contributed by atoms with Crippen molar-refractivity contribution in [2.45, 2.75) is 6.29 Å². The van der Waals surface area contributed by atoms with Crippen LogP contribution in [0.25, 0.3) is 5.76 Å². The number of ether oxygens (including phenoxy) is 3. The van der Waals surface area contributed by atoms with E-state index in [0.717, 1.165) is 5.56 Å². The van der Waals surface area contributed by atoms with Gasteiger partial charge in [0.25, 0.3) is 6.29 Å². The van der Waals surface area contributed by atoms with Crippen LogP contribution in [0.4, 0.5) is 0 Å². The molecule has 0 N–H and O–H groups in total. The maximum absolute atomic E-state index is 6.01. The molecule has 1 unspecified atom stereocenters. The van der Waals surface area contributed by atoms with Crippen LogP contribution in [0.3, 0.4) is 0 Å². The molecule has 0 spiro atoms. The first-order valence-corrected chi connectivity index (χ1v) is 8.13. The summed E-state index contributed by atoms with van der Waals surface area (Å²) < 4.78 is 17.5. The Morgan fingerprint density at radius 2 is 1.84 bits per heavy atom. The summed E-state index contributed by atoms with van der Waals surface area (Å²) in [4.78, 5) is 4.30. The SMILES string of the molecule is Clc1cccc(Oc2ncccc2C2OC=C(c3ccccc3)O2)c1. The normalized spacial score (nSPS) is 15.9. The zero-order valence-corrected chi connectivity index (χ0v) is 13.9. The number of nitrogens with zero attached hydrogens (tertiary/aromatic N) is 1. The quantitative estimate of drug-likeness (QED) is 0.616. The van der Waals surface area contributed by atoms with Crippen LogP contribution < -0.4 is 4.74 Å². The molecule has 1 aromatic heterocycles. The van der Waals surface area contributed by atoms with E-state index in [4.69, 9.17) is 25.8 Å². The third-order valence-electron chi connectivity index (χ3n) is 3.66. The van der Waals surface area contributed by atoms with Crippen LogP contribution in [0.5, 0.6) is 11.6 Å². The molecule has 1 atom stereocenters. The summed E-state index contributed by atoms with van der Waals surface area (Å²) in [7, 11) is 0. The van der Waals surface area contributed by atoms with E-state index in [9.17, 15) is 0 Å². The molecule has 2 aromatic carbocycles. The number of hydrogen-bond donors (Lipinski definition) is 0. The topological polar surface area (TPSA) is 40.6 Å². The minimum absolute atomic E-state index is 0.414. The molecule has 0 radical (unpaired) electrons. The second-order valence-corrected chi connectivity index (χ2v) is 5.83. The van der Waals surface area contributed by atoms with Crippen molar-refractivity contribution in [3.8, 4) is 11.6 Å². The number of rotatable bonds is 4. The van der Waals surface area contributed by atoms with E-state index in [2.05, 4.69) is 4.98 Å². The van der Waals surface area contributed by atoms with Gasteiger partial charge in [-0.05, 0) is 30.3 Å². The van der Waals surface area contributed by atoms with Crippen LogP contribution >= 0.6 is 11.6 Å². The Labute approximate surface area is 150 Å². The molecule has 2 heterocycles. The van der Waals surface area contributed by atoms with Crippen molar-refractivity contribution >= 4 is 17.4 Å². The Morgan fingerprint density at radius 1 is 0.960 bits per heavy atom. The average Bonchev–Trinajstić information content (AvgIpc) is 3.13. The van der Waals surface area contributed by atoms with Crippen molar-refractivity contribution in [1.82, 2.24) is 4.98 Å². The first-order chi connectivity index (χ1) is 12.3. The average molecular weight is 352 g/mol. The summed E-state index contributed by atoms with van der Waals surface area (Å²) in [5.41, 5.74) is 1.65. The minimum Gasteiger partial charge on any atom is -0.454 e. The van der Waals surface area contributed by atoms with Gasteiger partial charge in [0.05, 0.1) is 5.56 Å². The molecule has 0 saturated carbocycles. The fourth-order valence-corrected chi connectivity index (χ4v) is 2.66. The first kappa shape index (κ1) is 15.5. The van der Waals surface area contributed by atoms with E-state index >= 15 is 0 Å². The number of hydrogen-bond acceptors (Lipinski definition) is 4. The molecule has 0 amide bonds. The smallest absolute Gasteiger partial charge is 0.272 e. The zero-order valence-electron chi connectivity index (χ0n) is 13.1. The summed E-state index contributed by atoms with van der Waals surface area (Å²) in [5, 5.41) is 0.594. The van der Waals surface area contributed by atoms with E-state index in [-0.39, 0.29) is 0 Å². The van der Waals surface area contributed by atoms with Gasteiger partial charge < -0.3 is 14.2 Å². The molecule has 124 valence electrons. The molecule has 1 aliphatic rings. The van der Waals surface area contributed by atoms with Gasteiger partial charge in [-0.1, -0.05) is 48.0 Å². The lowest BCUT2D eigenvalue weighted by molar-refractivity contribution is -0.0187. The fourth-order valence-electron chi connectivity index (χ4n) is 2.48. The summed E-state index contributed by atoms with van der Waals surface area (Å²) >= 11 is 6.01. The highest BCUT2D eigenvalue weighted by Crippen LogP contribution is 2.38. The van der Waals surface area contributed by atoms with Gasteiger partial charge in [0.15, 0.2) is 5.76 Å². The highest BCUT2D eigenvalue weighted by Gasteiger charge is 2.26. The molecule has 25 heavy (non-hydrogen) atoms. The molecular formula is C20H14ClNO3. The van der Waals surface area contributed by atoms with E-state index < -0.39 is 6.29 Å². The Bertz CT molecular complexity index is 912. The minimum atomic E-state index is -0.613. The maximum atomic E-state index is 6.01. The molecule has 0 bridgehead atoms. The van der Waals surface area contributed by atoms with Crippen LogP contribution in [-0.2, 0) is 9.47 Å². The highest BCUT2D eigenvalue weighted by atomic mass is 35.5. The second-order valence-electron chi connectivity index (χ2n) is 5.39. The van der Waals surface area contributed by atoms with E-state index in [1.165, 1.54) is 0 Å². The molecule has 3 aromatic rings. The molecule has 5 heteroatoms. The van der Waals surface area contributed by atoms with E-state index in [1.807, 2.05) is 54.6 Å². The maximum Gasteiger partial charge on any atom is 0.272 e. The summed E-state index contributed by atoms with van der Waals surface area (Å²) in [5.74, 6) is 1.68. The summed E-state index contributed by atoms with van der Waals surface area (Å²) in [6, 6.07) is 20.6. The molecule has 1 aliphatic heterocycles. The Hall–Kier alpha value is -2.98. The lowest BCUT2D eigenvalue weighted by atomic mass is 10.2. The number of halogens is 1. The van der Waals surface area contributed by atoms with Crippen LogP contribution in [-0.4, -0.2) is 4.98 Å². The van der Waals surface area contributed by atoms with Crippen LogP contribution in [0.15, 0.2) is 79.2 Å². The number of benzene rings is 2. The first-order valence-electron chi connectivity index (χ1n) is 7.76. The molecule has 0 aliphatic carbocycles. The van der Waals surface area contributed by atoms with Crippen molar-refractivity contribution < 1.29 is 14.2 Å². The van der Waals surface area contributed by atoms with Gasteiger partial charge in [-0.25, -0.2) is 4.98 Å². The summed E-state index contributed by atoms with van der Waals surface area (Å²) in [6.07, 6.45) is 2.65. The molecule has 4 rings (SSSR count). The molecule has 0 saturated heterocycles. The predicted molar refractivity (Wildman–Crippen MR) is 95.1 cm³/mol. The molecule has 4 nitrogen and oxygen atoms in total. The van der Waals surface area contributed by atoms with E-state index in [1.54, 1.807) is 24.6 Å². The van der Waals surface area contributed by atoms with Crippen molar-refractivity contribution in [1.29, 1.82) is 0 Å². The van der Waals surface area contributed by atoms with Gasteiger partial charge in [-0.2, -0.15) is 0 Å². The largest absolute Gasteiger partial charge is 0.454 e. The monoisotopic (exact) mass is 351 g/mol. The predicted octanol–water partition coefficient (Wildman–Crippen LogP) is 5.57. The van der Waals surface area contributed by atoms with Gasteiger partial charge in [0, 0.05) is 16.8 Å². The lowest BCUT2D eigenvalue weighted by Gasteiger charge is -2.15. The third kappa shape index (κ3) is 3.44. The van der Waals surface area contributed by atoms with Gasteiger partial charge in [0.2, 0.25) is 5.88 Å². The summed E-state index contributed by atoms with van der Waals surface area (Å²) in [6.45, 7) is 0.